The molecule has 1 fully saturated rings. The van der Waals surface area contributed by atoms with Crippen molar-refractivity contribution in [2.45, 2.75) is 13.3 Å². The van der Waals surface area contributed by atoms with Crippen LogP contribution in [0.15, 0.2) is 53.0 Å². The minimum atomic E-state index is -0.604. The molecule has 31 heavy (non-hydrogen) atoms. The molecule has 0 aliphatic carbocycles. The maximum Gasteiger partial charge on any atom is 0.270 e. The third-order valence-corrected chi connectivity index (χ3v) is 6.06. The van der Waals surface area contributed by atoms with Crippen molar-refractivity contribution in [3.05, 3.63) is 74.2 Å². The van der Waals surface area contributed by atoms with Gasteiger partial charge in [0.25, 0.3) is 11.8 Å². The summed E-state index contributed by atoms with van der Waals surface area (Å²) in [5.41, 5.74) is 1.70. The molecule has 2 aromatic carbocycles. The lowest BCUT2D eigenvalue weighted by atomic mass is 10.0. The third-order valence-electron chi connectivity index (χ3n) is 4.38. The first-order valence-electron chi connectivity index (χ1n) is 9.20. The molecule has 5 nitrogen and oxygen atoms in total. The number of hydrogen-bond acceptors (Lipinski definition) is 4. The number of thiocarbonyl (C=S) groups is 1. The van der Waals surface area contributed by atoms with Crippen LogP contribution in [0.2, 0.25) is 10.0 Å². The molecule has 0 bridgehead atoms. The largest absolute Gasteiger partial charge is 0.492 e. The monoisotopic (exact) mass is 538 g/mol. The van der Waals surface area contributed by atoms with Crippen molar-refractivity contribution < 1.29 is 14.3 Å². The number of amides is 2. The molecule has 2 aromatic rings. The summed E-state index contributed by atoms with van der Waals surface area (Å²) in [7, 11) is 0. The van der Waals surface area contributed by atoms with Crippen molar-refractivity contribution in [2.75, 3.05) is 11.5 Å². The smallest absolute Gasteiger partial charge is 0.270 e. The van der Waals surface area contributed by atoms with Gasteiger partial charge in [-0.05, 0) is 83.0 Å². The molecule has 0 atom stereocenters. The average molecular weight is 540 g/mol. The number of carbonyl (C=O) groups excluding carboxylic acids is 2. The molecular weight excluding hydrogens is 523 g/mol. The normalized spacial score (nSPS) is 15.3. The van der Waals surface area contributed by atoms with Crippen molar-refractivity contribution in [3.63, 3.8) is 0 Å². The van der Waals surface area contributed by atoms with Crippen molar-refractivity contribution >= 4 is 80.0 Å². The number of hydrogen-bond donors (Lipinski definition) is 1. The number of rotatable bonds is 6. The highest BCUT2D eigenvalue weighted by Crippen LogP contribution is 2.35. The molecule has 2 amide bonds. The van der Waals surface area contributed by atoms with E-state index in [4.69, 9.17) is 40.2 Å². The first-order chi connectivity index (χ1) is 14.8. The summed E-state index contributed by atoms with van der Waals surface area (Å²) in [4.78, 5) is 27.0. The summed E-state index contributed by atoms with van der Waals surface area (Å²) in [6.45, 7) is 6.16. The van der Waals surface area contributed by atoms with E-state index in [2.05, 4.69) is 27.8 Å². The van der Waals surface area contributed by atoms with Crippen LogP contribution in [0, 0.1) is 0 Å². The van der Waals surface area contributed by atoms with Gasteiger partial charge in [0, 0.05) is 0 Å². The van der Waals surface area contributed by atoms with E-state index in [1.807, 2.05) is 13.0 Å². The van der Waals surface area contributed by atoms with Crippen molar-refractivity contribution in [1.29, 1.82) is 0 Å². The highest BCUT2D eigenvalue weighted by atomic mass is 79.9. The Bertz CT molecular complexity index is 1130. The molecule has 160 valence electrons. The predicted molar refractivity (Wildman–Crippen MR) is 132 cm³/mol. The Morgan fingerprint density at radius 2 is 2.03 bits per heavy atom. The van der Waals surface area contributed by atoms with Crippen LogP contribution in [0.4, 0.5) is 5.69 Å². The Balaban J connectivity index is 2.08. The lowest BCUT2D eigenvalue weighted by molar-refractivity contribution is -0.122. The maximum absolute atomic E-state index is 13.2. The van der Waals surface area contributed by atoms with Crippen LogP contribution in [-0.2, 0) is 16.0 Å². The Hall–Kier alpha value is -2.19. The number of benzene rings is 2. The van der Waals surface area contributed by atoms with Crippen LogP contribution in [0.5, 0.6) is 5.75 Å². The Kier molecular flexibility index (Phi) is 7.54. The number of halogens is 3. The summed E-state index contributed by atoms with van der Waals surface area (Å²) < 4.78 is 6.41. The molecule has 0 spiro atoms. The molecule has 1 aliphatic rings. The lowest BCUT2D eigenvalue weighted by Crippen LogP contribution is -2.54. The van der Waals surface area contributed by atoms with Gasteiger partial charge in [0.15, 0.2) is 5.11 Å². The molecule has 1 N–H and O–H groups in total. The molecule has 0 saturated carbocycles. The molecular formula is C22H17BrCl2N2O3S. The van der Waals surface area contributed by atoms with Gasteiger partial charge < -0.3 is 4.74 Å². The van der Waals surface area contributed by atoms with Crippen molar-refractivity contribution in [1.82, 2.24) is 5.32 Å². The molecule has 1 heterocycles. The van der Waals surface area contributed by atoms with E-state index in [0.29, 0.717) is 28.8 Å². The fourth-order valence-corrected chi connectivity index (χ4v) is 4.37. The summed E-state index contributed by atoms with van der Waals surface area (Å²) in [6.07, 6.45) is 3.80. The zero-order valence-corrected chi connectivity index (χ0v) is 20.3. The third kappa shape index (κ3) is 4.85. The van der Waals surface area contributed by atoms with Crippen LogP contribution in [0.25, 0.3) is 6.08 Å². The van der Waals surface area contributed by atoms with E-state index in [0.717, 1.165) is 10.5 Å². The van der Waals surface area contributed by atoms with Crippen molar-refractivity contribution in [2.24, 2.45) is 0 Å². The van der Waals surface area contributed by atoms with Gasteiger partial charge in [0.1, 0.15) is 11.3 Å². The van der Waals surface area contributed by atoms with Crippen LogP contribution in [0.3, 0.4) is 0 Å². The fourth-order valence-electron chi connectivity index (χ4n) is 3.08. The van der Waals surface area contributed by atoms with E-state index in [1.54, 1.807) is 30.3 Å². The van der Waals surface area contributed by atoms with Gasteiger partial charge in [-0.15, -0.1) is 6.58 Å². The highest BCUT2D eigenvalue weighted by Gasteiger charge is 2.35. The number of nitrogens with one attached hydrogen (secondary N) is 1. The minimum Gasteiger partial charge on any atom is -0.492 e. The number of ether oxygens (including phenoxy) is 1. The molecule has 0 unspecified atom stereocenters. The van der Waals surface area contributed by atoms with Gasteiger partial charge in [-0.2, -0.15) is 0 Å². The van der Waals surface area contributed by atoms with Crippen molar-refractivity contribution in [3.8, 4) is 5.75 Å². The van der Waals surface area contributed by atoms with E-state index in [1.165, 1.54) is 6.08 Å². The fraction of sp³-hybridized carbons (Fsp3) is 0.136. The van der Waals surface area contributed by atoms with Gasteiger partial charge in [0.05, 0.1) is 26.8 Å². The summed E-state index contributed by atoms with van der Waals surface area (Å²) in [5, 5.41) is 2.89. The molecule has 1 saturated heterocycles. The summed E-state index contributed by atoms with van der Waals surface area (Å²) in [5.74, 6) is -0.509. The Labute approximate surface area is 203 Å². The molecule has 0 aromatic heterocycles. The van der Waals surface area contributed by atoms with Gasteiger partial charge in [0.2, 0.25) is 0 Å². The van der Waals surface area contributed by atoms with Gasteiger partial charge >= 0.3 is 0 Å². The second-order valence-electron chi connectivity index (χ2n) is 6.45. The summed E-state index contributed by atoms with van der Waals surface area (Å²) in [6, 6.07) is 8.45. The quantitative estimate of drug-likeness (QED) is 0.221. The molecule has 0 radical (unpaired) electrons. The first kappa shape index (κ1) is 23.5. The number of anilines is 1. The molecule has 9 heteroatoms. The summed E-state index contributed by atoms with van der Waals surface area (Å²) >= 11 is 21.1. The highest BCUT2D eigenvalue weighted by molar-refractivity contribution is 9.10. The SMILES string of the molecule is C=CCc1cc(/C=C2\C(=O)NC(=S)N(c3cccc(Cl)c3Cl)C2=O)cc(Br)c1OCC. The van der Waals surface area contributed by atoms with Gasteiger partial charge in [-0.25, -0.2) is 0 Å². The van der Waals surface area contributed by atoms with Crippen LogP contribution >= 0.6 is 51.3 Å². The van der Waals surface area contributed by atoms with E-state index in [-0.39, 0.29) is 26.4 Å². The van der Waals surface area contributed by atoms with Crippen LogP contribution in [0.1, 0.15) is 18.1 Å². The second kappa shape index (κ2) is 9.96. The van der Waals surface area contributed by atoms with Crippen LogP contribution in [-0.4, -0.2) is 23.5 Å². The average Bonchev–Trinajstić information content (AvgIpc) is 2.71. The minimum absolute atomic E-state index is 0.0727. The number of allylic oxidation sites excluding steroid dienone is 1. The predicted octanol–water partition coefficient (Wildman–Crippen LogP) is 5.71. The van der Waals surface area contributed by atoms with Crippen LogP contribution < -0.4 is 15.0 Å². The van der Waals surface area contributed by atoms with E-state index in [9.17, 15) is 9.59 Å². The van der Waals surface area contributed by atoms with E-state index >= 15 is 0 Å². The van der Waals surface area contributed by atoms with Gasteiger partial charge in [-0.3, -0.25) is 19.8 Å². The first-order valence-corrected chi connectivity index (χ1v) is 11.2. The van der Waals surface area contributed by atoms with Gasteiger partial charge in [-0.1, -0.05) is 35.3 Å². The Morgan fingerprint density at radius 1 is 1.29 bits per heavy atom. The Morgan fingerprint density at radius 3 is 2.71 bits per heavy atom. The molecule has 3 rings (SSSR count). The van der Waals surface area contributed by atoms with E-state index < -0.39 is 11.8 Å². The lowest BCUT2D eigenvalue weighted by Gasteiger charge is -2.29. The number of carbonyl (C=O) groups is 2. The zero-order valence-electron chi connectivity index (χ0n) is 16.4. The second-order valence-corrected chi connectivity index (χ2v) is 8.47. The maximum atomic E-state index is 13.2. The number of nitrogens with zero attached hydrogens (tertiary/aromatic N) is 1. The molecule has 1 aliphatic heterocycles. The zero-order chi connectivity index (χ0) is 22.7. The topological polar surface area (TPSA) is 58.6 Å². The standard InChI is InChI=1S/C22H17BrCl2N2O3S/c1-3-6-13-9-12(11-15(23)19(13)30-4-2)10-14-20(28)26-22(31)27(21(14)29)17-8-5-7-16(24)18(17)25/h3,5,7-11H,1,4,6H2,2H3,(H,26,28,31)/b14-10+.